The molecule has 0 bridgehead atoms. The van der Waals surface area contributed by atoms with Crippen LogP contribution in [0.5, 0.6) is 11.5 Å². The van der Waals surface area contributed by atoms with Crippen LogP contribution in [0.3, 0.4) is 0 Å². The van der Waals surface area contributed by atoms with E-state index in [1.807, 2.05) is 0 Å². The van der Waals surface area contributed by atoms with E-state index >= 15 is 0 Å². The summed E-state index contributed by atoms with van der Waals surface area (Å²) in [6.07, 6.45) is 1.18. The molecule has 2 heterocycles. The molecule has 0 unspecified atom stereocenters. The summed E-state index contributed by atoms with van der Waals surface area (Å²) in [5, 5.41) is 11.4. The van der Waals surface area contributed by atoms with Gasteiger partial charge in [0.25, 0.3) is 0 Å². The Kier molecular flexibility index (Phi) is 3.61. The Bertz CT molecular complexity index is 743. The largest absolute Gasteiger partial charge is 0.618 e. The fourth-order valence-corrected chi connectivity index (χ4v) is 1.94. The molecule has 7 nitrogen and oxygen atoms in total. The number of carbonyl (C=O) groups excluding carboxylic acids is 2. The number of aromatic nitrogens is 1. The van der Waals surface area contributed by atoms with E-state index in [2.05, 4.69) is 0 Å². The first-order valence-electron chi connectivity index (χ1n) is 6.43. The Labute approximate surface area is 125 Å². The van der Waals surface area contributed by atoms with Crippen LogP contribution < -0.4 is 14.2 Å². The van der Waals surface area contributed by atoms with Crippen LogP contribution >= 0.6 is 0 Å². The van der Waals surface area contributed by atoms with Crippen molar-refractivity contribution in [1.82, 2.24) is 0 Å². The molecule has 0 spiro atoms. The Morgan fingerprint density at radius 2 is 2.00 bits per heavy atom. The zero-order chi connectivity index (χ0) is 15.5. The lowest BCUT2D eigenvalue weighted by Gasteiger charge is -2.05. The normalized spacial score (nSPS) is 12.0. The summed E-state index contributed by atoms with van der Waals surface area (Å²) in [6, 6.07) is 9.03. The maximum Gasteiger partial charge on any atom is 0.405 e. The maximum atomic E-state index is 12.0. The number of benzene rings is 1. The molecule has 112 valence electrons. The molecule has 2 aromatic rings. The molecule has 1 aromatic heterocycles. The van der Waals surface area contributed by atoms with Crippen molar-refractivity contribution in [2.24, 2.45) is 0 Å². The fraction of sp³-hybridized carbons (Fsp3) is 0.133. The number of hydrogen-bond acceptors (Lipinski definition) is 6. The van der Waals surface area contributed by atoms with E-state index in [0.29, 0.717) is 21.8 Å². The first-order chi connectivity index (χ1) is 10.6. The number of fused-ring (bicyclic) bond motifs is 1. The predicted octanol–water partition coefficient (Wildman–Crippen LogP) is 1.09. The van der Waals surface area contributed by atoms with Crippen molar-refractivity contribution in [3.05, 3.63) is 59.1 Å². The Hall–Kier alpha value is -3.09. The van der Waals surface area contributed by atoms with Gasteiger partial charge in [0.05, 0.1) is 0 Å². The van der Waals surface area contributed by atoms with E-state index in [0.717, 1.165) is 0 Å². The summed E-state index contributed by atoms with van der Waals surface area (Å²) in [5.74, 6) is -0.229. The number of rotatable bonds is 4. The second-order valence-corrected chi connectivity index (χ2v) is 4.48. The third-order valence-electron chi connectivity index (χ3n) is 3.06. The Morgan fingerprint density at radius 1 is 1.18 bits per heavy atom. The number of hydrogen-bond donors (Lipinski definition) is 0. The molecule has 0 atom stereocenters. The van der Waals surface area contributed by atoms with Gasteiger partial charge in [0, 0.05) is 17.7 Å². The van der Waals surface area contributed by atoms with Crippen molar-refractivity contribution < 1.29 is 28.5 Å². The molecule has 7 heteroatoms. The lowest BCUT2D eigenvalue weighted by molar-refractivity contribution is -0.608. The highest BCUT2D eigenvalue weighted by Crippen LogP contribution is 2.32. The molecule has 0 radical (unpaired) electrons. The summed E-state index contributed by atoms with van der Waals surface area (Å²) in [7, 11) is 0. The summed E-state index contributed by atoms with van der Waals surface area (Å²) >= 11 is 0. The van der Waals surface area contributed by atoms with Gasteiger partial charge in [0.2, 0.25) is 6.79 Å². The van der Waals surface area contributed by atoms with Crippen LogP contribution in [-0.2, 0) is 4.74 Å². The van der Waals surface area contributed by atoms with Crippen LogP contribution in [0.15, 0.2) is 42.6 Å². The fourth-order valence-electron chi connectivity index (χ4n) is 1.94. The molecular weight excluding hydrogens is 290 g/mol. The molecular formula is C15H11NO6. The number of Topliss-reactive ketones (excluding diaryl/α,β-unsaturated/α-hetero) is 1. The average molecular weight is 301 g/mol. The van der Waals surface area contributed by atoms with Crippen LogP contribution in [0.25, 0.3) is 0 Å². The molecule has 3 rings (SSSR count). The van der Waals surface area contributed by atoms with Crippen LogP contribution in [0, 0.1) is 5.21 Å². The van der Waals surface area contributed by atoms with Gasteiger partial charge in [-0.2, -0.15) is 4.73 Å². The molecule has 1 aliphatic heterocycles. The lowest BCUT2D eigenvalue weighted by atomic mass is 10.1. The van der Waals surface area contributed by atoms with Gasteiger partial charge in [-0.25, -0.2) is 4.79 Å². The summed E-state index contributed by atoms with van der Waals surface area (Å²) in [4.78, 5) is 23.8. The van der Waals surface area contributed by atoms with Gasteiger partial charge in [0.15, 0.2) is 30.1 Å². The van der Waals surface area contributed by atoms with E-state index in [-0.39, 0.29) is 12.5 Å². The SMILES string of the molecule is O=C(COC(=O)c1cccc[n+]1[O-])c1ccc2c(c1)OCO2. The van der Waals surface area contributed by atoms with Crippen molar-refractivity contribution in [2.45, 2.75) is 0 Å². The summed E-state index contributed by atoms with van der Waals surface area (Å²) < 4.78 is 15.6. The number of ether oxygens (including phenoxy) is 3. The monoisotopic (exact) mass is 301 g/mol. The van der Waals surface area contributed by atoms with Gasteiger partial charge in [-0.05, 0) is 24.3 Å². The first kappa shape index (κ1) is 13.9. The van der Waals surface area contributed by atoms with E-state index in [9.17, 15) is 14.8 Å². The average Bonchev–Trinajstić information content (AvgIpc) is 3.00. The van der Waals surface area contributed by atoms with Gasteiger partial charge in [-0.1, -0.05) is 0 Å². The molecule has 0 N–H and O–H groups in total. The minimum absolute atomic E-state index is 0.111. The number of pyridine rings is 1. The van der Waals surface area contributed by atoms with Gasteiger partial charge in [-0.15, -0.1) is 0 Å². The lowest BCUT2D eigenvalue weighted by Crippen LogP contribution is -2.35. The molecule has 1 aliphatic rings. The van der Waals surface area contributed by atoms with E-state index < -0.39 is 18.4 Å². The highest BCUT2D eigenvalue weighted by molar-refractivity contribution is 5.99. The zero-order valence-corrected chi connectivity index (χ0v) is 11.4. The molecule has 0 fully saturated rings. The third kappa shape index (κ3) is 2.69. The van der Waals surface area contributed by atoms with Crippen molar-refractivity contribution in [3.63, 3.8) is 0 Å². The van der Waals surface area contributed by atoms with E-state index in [1.54, 1.807) is 12.1 Å². The summed E-state index contributed by atoms with van der Waals surface area (Å²) in [6.45, 7) is -0.354. The van der Waals surface area contributed by atoms with Gasteiger partial charge >= 0.3 is 11.7 Å². The molecule has 22 heavy (non-hydrogen) atoms. The first-order valence-corrected chi connectivity index (χ1v) is 6.43. The standard InChI is InChI=1S/C15H11NO6/c17-12(10-4-5-13-14(7-10)22-9-21-13)8-20-15(18)11-3-1-2-6-16(11)19/h1-7H,8-9H2. The van der Waals surface area contributed by atoms with Gasteiger partial charge < -0.3 is 19.4 Å². The number of ketones is 1. The highest BCUT2D eigenvalue weighted by Gasteiger charge is 2.20. The minimum atomic E-state index is -0.857. The number of esters is 1. The molecule has 0 saturated carbocycles. The molecule has 0 amide bonds. The minimum Gasteiger partial charge on any atom is -0.618 e. The molecule has 0 saturated heterocycles. The van der Waals surface area contributed by atoms with Crippen molar-refractivity contribution >= 4 is 11.8 Å². The molecule has 0 aliphatic carbocycles. The van der Waals surface area contributed by atoms with E-state index in [1.165, 1.54) is 30.5 Å². The maximum absolute atomic E-state index is 12.0. The highest BCUT2D eigenvalue weighted by atomic mass is 16.7. The Balaban J connectivity index is 1.65. The van der Waals surface area contributed by atoms with Crippen LogP contribution in [0.1, 0.15) is 20.8 Å². The van der Waals surface area contributed by atoms with Crippen molar-refractivity contribution in [3.8, 4) is 11.5 Å². The van der Waals surface area contributed by atoms with Crippen molar-refractivity contribution in [1.29, 1.82) is 0 Å². The van der Waals surface area contributed by atoms with Gasteiger partial charge in [-0.3, -0.25) is 4.79 Å². The Morgan fingerprint density at radius 3 is 2.82 bits per heavy atom. The number of nitrogens with zero attached hydrogens (tertiary/aromatic N) is 1. The smallest absolute Gasteiger partial charge is 0.405 e. The second kappa shape index (κ2) is 5.72. The van der Waals surface area contributed by atoms with Gasteiger partial charge in [0.1, 0.15) is 0 Å². The topological polar surface area (TPSA) is 88.8 Å². The zero-order valence-electron chi connectivity index (χ0n) is 11.4. The second-order valence-electron chi connectivity index (χ2n) is 4.48. The van der Waals surface area contributed by atoms with E-state index in [4.69, 9.17) is 14.2 Å². The number of carbonyl (C=O) groups is 2. The third-order valence-corrected chi connectivity index (χ3v) is 3.06. The van der Waals surface area contributed by atoms with Crippen LogP contribution in [0.2, 0.25) is 0 Å². The van der Waals surface area contributed by atoms with Crippen molar-refractivity contribution in [2.75, 3.05) is 13.4 Å². The van der Waals surface area contributed by atoms with Crippen LogP contribution in [0.4, 0.5) is 0 Å². The summed E-state index contributed by atoms with van der Waals surface area (Å²) in [5.41, 5.74) is 0.154. The quantitative estimate of drug-likeness (QED) is 0.363. The molecule has 1 aromatic carbocycles. The predicted molar refractivity (Wildman–Crippen MR) is 72.6 cm³/mol. The van der Waals surface area contributed by atoms with Crippen LogP contribution in [-0.4, -0.2) is 25.2 Å².